The van der Waals surface area contributed by atoms with E-state index in [-0.39, 0.29) is 0 Å². The molecule has 0 saturated heterocycles. The average molecular weight is 192 g/mol. The summed E-state index contributed by atoms with van der Waals surface area (Å²) in [4.78, 5) is 0. The first-order chi connectivity index (χ1) is 6.92. The standard InChI is InChI=1S/C14H24/c1-3-10-14-11-4-2-7-13(14)9-5-8-12(14)6-1/h12-13H,1-11H2. The summed E-state index contributed by atoms with van der Waals surface area (Å²) in [5, 5.41) is 0. The molecule has 3 fully saturated rings. The molecule has 0 aromatic rings. The van der Waals surface area contributed by atoms with E-state index >= 15 is 0 Å². The number of rotatable bonds is 0. The lowest BCUT2D eigenvalue weighted by Crippen LogP contribution is -2.45. The Morgan fingerprint density at radius 2 is 1.07 bits per heavy atom. The molecule has 0 aromatic carbocycles. The maximum absolute atomic E-state index is 1.60. The van der Waals surface area contributed by atoms with Crippen molar-refractivity contribution in [1.29, 1.82) is 0 Å². The second-order valence-corrected chi connectivity index (χ2v) is 6.05. The van der Waals surface area contributed by atoms with E-state index in [4.69, 9.17) is 0 Å². The molecule has 3 aliphatic carbocycles. The maximum atomic E-state index is 1.60. The fourth-order valence-electron chi connectivity index (χ4n) is 5.01. The lowest BCUT2D eigenvalue weighted by molar-refractivity contribution is -0.0465. The summed E-state index contributed by atoms with van der Waals surface area (Å²) in [6, 6.07) is 0. The average Bonchev–Trinajstić information content (AvgIpc) is 2.26. The molecular weight excluding hydrogens is 168 g/mol. The van der Waals surface area contributed by atoms with Crippen LogP contribution in [0.3, 0.4) is 0 Å². The van der Waals surface area contributed by atoms with Gasteiger partial charge in [-0.2, -0.15) is 0 Å². The zero-order valence-corrected chi connectivity index (χ0v) is 9.43. The van der Waals surface area contributed by atoms with Crippen LogP contribution in [0.4, 0.5) is 0 Å². The Labute approximate surface area is 88.5 Å². The van der Waals surface area contributed by atoms with Gasteiger partial charge in [-0.05, 0) is 55.8 Å². The van der Waals surface area contributed by atoms with Gasteiger partial charge in [-0.1, -0.05) is 32.1 Å². The molecule has 0 N–H and O–H groups in total. The Bertz CT molecular complexity index is 180. The van der Waals surface area contributed by atoms with Gasteiger partial charge in [0.1, 0.15) is 0 Å². The van der Waals surface area contributed by atoms with Crippen LogP contribution in [0.5, 0.6) is 0 Å². The van der Waals surface area contributed by atoms with Gasteiger partial charge in [-0.15, -0.1) is 0 Å². The molecule has 14 heavy (non-hydrogen) atoms. The van der Waals surface area contributed by atoms with E-state index in [0.29, 0.717) is 0 Å². The van der Waals surface area contributed by atoms with Gasteiger partial charge in [0.25, 0.3) is 0 Å². The van der Waals surface area contributed by atoms with Crippen molar-refractivity contribution in [3.63, 3.8) is 0 Å². The van der Waals surface area contributed by atoms with Crippen LogP contribution in [0, 0.1) is 17.3 Å². The molecule has 2 unspecified atom stereocenters. The fraction of sp³-hybridized carbons (Fsp3) is 1.00. The van der Waals surface area contributed by atoms with Crippen LogP contribution in [0.2, 0.25) is 0 Å². The Kier molecular flexibility index (Phi) is 2.34. The highest BCUT2D eigenvalue weighted by Gasteiger charge is 2.48. The van der Waals surface area contributed by atoms with Crippen LogP contribution in [0.25, 0.3) is 0 Å². The highest BCUT2D eigenvalue weighted by Crippen LogP contribution is 2.59. The predicted molar refractivity (Wildman–Crippen MR) is 60.2 cm³/mol. The molecule has 2 atom stereocenters. The summed E-state index contributed by atoms with van der Waals surface area (Å²) < 4.78 is 0. The summed E-state index contributed by atoms with van der Waals surface area (Å²) in [5.41, 5.74) is 0.870. The van der Waals surface area contributed by atoms with Gasteiger partial charge in [0.15, 0.2) is 0 Å². The highest BCUT2D eigenvalue weighted by atomic mass is 14.5. The van der Waals surface area contributed by atoms with E-state index in [9.17, 15) is 0 Å². The fourth-order valence-corrected chi connectivity index (χ4v) is 5.01. The van der Waals surface area contributed by atoms with Gasteiger partial charge in [0, 0.05) is 0 Å². The van der Waals surface area contributed by atoms with Crippen LogP contribution in [-0.2, 0) is 0 Å². The van der Waals surface area contributed by atoms with Crippen LogP contribution in [0.1, 0.15) is 70.6 Å². The van der Waals surface area contributed by atoms with Gasteiger partial charge >= 0.3 is 0 Å². The number of hydrogen-bond acceptors (Lipinski definition) is 0. The highest BCUT2D eigenvalue weighted by molar-refractivity contribution is 4.99. The Hall–Kier alpha value is 0. The van der Waals surface area contributed by atoms with Crippen molar-refractivity contribution in [2.75, 3.05) is 0 Å². The molecule has 0 heterocycles. The van der Waals surface area contributed by atoms with E-state index in [2.05, 4.69) is 0 Å². The van der Waals surface area contributed by atoms with Crippen molar-refractivity contribution in [1.82, 2.24) is 0 Å². The second kappa shape index (κ2) is 3.54. The minimum Gasteiger partial charge on any atom is -0.0530 e. The summed E-state index contributed by atoms with van der Waals surface area (Å²) in [7, 11) is 0. The smallest absolute Gasteiger partial charge is 0.0241 e. The molecule has 0 nitrogen and oxygen atoms in total. The van der Waals surface area contributed by atoms with Gasteiger partial charge in [0.2, 0.25) is 0 Å². The van der Waals surface area contributed by atoms with Gasteiger partial charge in [0.05, 0.1) is 0 Å². The third-order valence-corrected chi connectivity index (χ3v) is 5.62. The summed E-state index contributed by atoms with van der Waals surface area (Å²) in [5.74, 6) is 2.30. The summed E-state index contributed by atoms with van der Waals surface area (Å²) >= 11 is 0. The molecule has 1 spiro atoms. The molecule has 0 heteroatoms. The Morgan fingerprint density at radius 1 is 0.571 bits per heavy atom. The lowest BCUT2D eigenvalue weighted by atomic mass is 9.50. The van der Waals surface area contributed by atoms with Gasteiger partial charge in [-0.3, -0.25) is 0 Å². The molecule has 3 saturated carbocycles. The Morgan fingerprint density at radius 3 is 1.64 bits per heavy atom. The van der Waals surface area contributed by atoms with Crippen LogP contribution in [-0.4, -0.2) is 0 Å². The third-order valence-electron chi connectivity index (χ3n) is 5.62. The molecule has 0 amide bonds. The molecule has 0 radical (unpaired) electrons. The normalized spacial score (nSPS) is 48.0. The molecule has 0 bridgehead atoms. The third kappa shape index (κ3) is 1.26. The molecule has 80 valence electrons. The first-order valence-corrected chi connectivity index (χ1v) is 6.92. The molecule has 0 aliphatic heterocycles. The summed E-state index contributed by atoms with van der Waals surface area (Å²) in [6.07, 6.45) is 17.3. The first-order valence-electron chi connectivity index (χ1n) is 6.92. The lowest BCUT2D eigenvalue weighted by Gasteiger charge is -2.55. The largest absolute Gasteiger partial charge is 0.0530 e. The van der Waals surface area contributed by atoms with Crippen LogP contribution < -0.4 is 0 Å². The van der Waals surface area contributed by atoms with Crippen molar-refractivity contribution in [2.45, 2.75) is 70.6 Å². The molecular formula is C14H24. The second-order valence-electron chi connectivity index (χ2n) is 6.05. The first kappa shape index (κ1) is 9.24. The van der Waals surface area contributed by atoms with Crippen molar-refractivity contribution >= 4 is 0 Å². The summed E-state index contributed by atoms with van der Waals surface area (Å²) in [6.45, 7) is 0. The van der Waals surface area contributed by atoms with E-state index in [0.717, 1.165) is 17.3 Å². The minimum atomic E-state index is 0.870. The quantitative estimate of drug-likeness (QED) is 0.528. The maximum Gasteiger partial charge on any atom is -0.0241 e. The molecule has 3 rings (SSSR count). The van der Waals surface area contributed by atoms with E-state index in [1.165, 1.54) is 0 Å². The Balaban J connectivity index is 1.87. The van der Waals surface area contributed by atoms with Gasteiger partial charge in [-0.25, -0.2) is 0 Å². The monoisotopic (exact) mass is 192 g/mol. The van der Waals surface area contributed by atoms with E-state index in [1.54, 1.807) is 70.6 Å². The van der Waals surface area contributed by atoms with Crippen molar-refractivity contribution in [3.05, 3.63) is 0 Å². The van der Waals surface area contributed by atoms with Crippen molar-refractivity contribution in [2.24, 2.45) is 17.3 Å². The molecule has 3 aliphatic rings. The van der Waals surface area contributed by atoms with Crippen LogP contribution in [0.15, 0.2) is 0 Å². The predicted octanol–water partition coefficient (Wildman–Crippen LogP) is 4.54. The van der Waals surface area contributed by atoms with E-state index < -0.39 is 0 Å². The van der Waals surface area contributed by atoms with Crippen molar-refractivity contribution < 1.29 is 0 Å². The van der Waals surface area contributed by atoms with Gasteiger partial charge < -0.3 is 0 Å². The van der Waals surface area contributed by atoms with E-state index in [1.807, 2.05) is 0 Å². The van der Waals surface area contributed by atoms with Crippen molar-refractivity contribution in [3.8, 4) is 0 Å². The zero-order chi connectivity index (χ0) is 9.43. The minimum absolute atomic E-state index is 0.870. The number of hydrogen-bond donors (Lipinski definition) is 0. The molecule has 0 aromatic heterocycles. The zero-order valence-electron chi connectivity index (χ0n) is 9.43. The SMILES string of the molecule is C1CCC23CCCCC2CCCC3C1. The van der Waals surface area contributed by atoms with Crippen LogP contribution >= 0.6 is 0 Å². The topological polar surface area (TPSA) is 0 Å².